The number of nitro benzene ring substituents is 1. The van der Waals surface area contributed by atoms with Crippen LogP contribution >= 0.6 is 0 Å². The van der Waals surface area contributed by atoms with Crippen LogP contribution in [-0.4, -0.2) is 22.7 Å². The van der Waals surface area contributed by atoms with Gasteiger partial charge in [-0.2, -0.15) is 0 Å². The number of halogens is 1. The third-order valence-electron chi connectivity index (χ3n) is 1.83. The van der Waals surface area contributed by atoms with Crippen LogP contribution < -0.4 is 5.32 Å². The lowest BCUT2D eigenvalue weighted by Gasteiger charge is -2.12. The number of aliphatic hydroxyl groups is 1. The van der Waals surface area contributed by atoms with E-state index in [4.69, 9.17) is 5.11 Å². The molecule has 0 amide bonds. The van der Waals surface area contributed by atoms with Crippen LogP contribution in [-0.2, 0) is 0 Å². The first-order valence-electron chi connectivity index (χ1n) is 4.36. The normalized spacial score (nSPS) is 12.2. The summed E-state index contributed by atoms with van der Waals surface area (Å²) in [4.78, 5) is 9.91. The Morgan fingerprint density at radius 3 is 2.87 bits per heavy atom. The molecule has 1 unspecified atom stereocenters. The Morgan fingerprint density at radius 2 is 2.33 bits per heavy atom. The van der Waals surface area contributed by atoms with Crippen molar-refractivity contribution in [3.05, 3.63) is 34.1 Å². The van der Waals surface area contributed by atoms with Gasteiger partial charge in [-0.15, -0.1) is 0 Å². The summed E-state index contributed by atoms with van der Waals surface area (Å²) in [5, 5.41) is 22.1. The molecule has 1 aromatic carbocycles. The van der Waals surface area contributed by atoms with Crippen molar-refractivity contribution in [1.29, 1.82) is 0 Å². The van der Waals surface area contributed by atoms with E-state index in [1.165, 1.54) is 6.07 Å². The molecule has 0 bridgehead atoms. The molecule has 0 aliphatic heterocycles. The van der Waals surface area contributed by atoms with Crippen LogP contribution in [0.2, 0.25) is 0 Å². The number of rotatable bonds is 4. The molecule has 1 rings (SSSR count). The van der Waals surface area contributed by atoms with Gasteiger partial charge in [-0.1, -0.05) is 0 Å². The van der Waals surface area contributed by atoms with E-state index >= 15 is 0 Å². The Bertz CT molecular complexity index is 370. The zero-order valence-corrected chi connectivity index (χ0v) is 8.11. The van der Waals surface area contributed by atoms with Crippen LogP contribution in [0, 0.1) is 15.9 Å². The Balaban J connectivity index is 3.01. The second-order valence-corrected chi connectivity index (χ2v) is 3.15. The van der Waals surface area contributed by atoms with E-state index in [2.05, 4.69) is 5.32 Å². The van der Waals surface area contributed by atoms with Gasteiger partial charge in [0.05, 0.1) is 17.6 Å². The minimum Gasteiger partial charge on any atom is -0.394 e. The number of aliphatic hydroxyl groups excluding tert-OH is 1. The van der Waals surface area contributed by atoms with Gasteiger partial charge in [0.2, 0.25) is 0 Å². The maximum Gasteiger partial charge on any atom is 0.295 e. The van der Waals surface area contributed by atoms with Crippen LogP contribution in [0.3, 0.4) is 0 Å². The van der Waals surface area contributed by atoms with E-state index in [1.807, 2.05) is 0 Å². The molecule has 0 saturated heterocycles. The molecule has 6 heteroatoms. The summed E-state index contributed by atoms with van der Waals surface area (Å²) in [5.74, 6) is -0.663. The van der Waals surface area contributed by atoms with Gasteiger partial charge in [-0.3, -0.25) is 10.1 Å². The highest BCUT2D eigenvalue weighted by Crippen LogP contribution is 2.25. The highest BCUT2D eigenvalue weighted by atomic mass is 19.1. The molecule has 1 atom stereocenters. The Kier molecular flexibility index (Phi) is 3.56. The highest BCUT2D eigenvalue weighted by molar-refractivity contribution is 5.61. The maximum absolute atomic E-state index is 12.7. The van der Waals surface area contributed by atoms with E-state index in [9.17, 15) is 14.5 Å². The molecule has 0 aromatic heterocycles. The Hall–Kier alpha value is -1.69. The first-order chi connectivity index (χ1) is 7.04. The number of hydrogen-bond donors (Lipinski definition) is 2. The third kappa shape index (κ3) is 2.88. The van der Waals surface area contributed by atoms with Crippen molar-refractivity contribution in [1.82, 2.24) is 0 Å². The zero-order chi connectivity index (χ0) is 11.4. The summed E-state index contributed by atoms with van der Waals surface area (Å²) in [6, 6.07) is 2.92. The summed E-state index contributed by atoms with van der Waals surface area (Å²) in [5.41, 5.74) is -0.141. The first kappa shape index (κ1) is 11.4. The molecule has 0 saturated carbocycles. The van der Waals surface area contributed by atoms with Crippen LogP contribution in [0.4, 0.5) is 15.8 Å². The predicted octanol–water partition coefficient (Wildman–Crippen LogP) is 1.53. The van der Waals surface area contributed by atoms with Gasteiger partial charge in [-0.05, 0) is 19.1 Å². The number of nitrogens with one attached hydrogen (secondary N) is 1. The maximum atomic E-state index is 12.7. The summed E-state index contributed by atoms with van der Waals surface area (Å²) in [6.45, 7) is 1.50. The van der Waals surface area contributed by atoms with Gasteiger partial charge in [0.1, 0.15) is 11.5 Å². The lowest BCUT2D eigenvalue weighted by molar-refractivity contribution is -0.384. The molecule has 1 aromatic rings. The molecule has 2 N–H and O–H groups in total. The van der Waals surface area contributed by atoms with Crippen molar-refractivity contribution >= 4 is 11.4 Å². The topological polar surface area (TPSA) is 75.4 Å². The van der Waals surface area contributed by atoms with E-state index in [1.54, 1.807) is 6.92 Å². The summed E-state index contributed by atoms with van der Waals surface area (Å²) in [7, 11) is 0. The standard InChI is InChI=1S/C9H11FN2O3/c1-6(5-13)11-8-3-2-7(10)4-9(8)12(14)15/h2-4,6,11,13H,5H2,1H3. The van der Waals surface area contributed by atoms with Crippen LogP contribution in [0.1, 0.15) is 6.92 Å². The fourth-order valence-corrected chi connectivity index (χ4v) is 1.09. The minimum atomic E-state index is -0.671. The SMILES string of the molecule is CC(CO)Nc1ccc(F)cc1[N+](=O)[O-]. The minimum absolute atomic E-state index is 0.158. The van der Waals surface area contributed by atoms with Gasteiger partial charge >= 0.3 is 0 Å². The lowest BCUT2D eigenvalue weighted by atomic mass is 10.2. The monoisotopic (exact) mass is 214 g/mol. The second-order valence-electron chi connectivity index (χ2n) is 3.15. The molecule has 0 aliphatic carbocycles. The van der Waals surface area contributed by atoms with Crippen LogP contribution in [0.5, 0.6) is 0 Å². The third-order valence-corrected chi connectivity index (χ3v) is 1.83. The summed E-state index contributed by atoms with van der Waals surface area (Å²) >= 11 is 0. The summed E-state index contributed by atoms with van der Waals surface area (Å²) in [6.07, 6.45) is 0. The number of benzene rings is 1. The quantitative estimate of drug-likeness (QED) is 0.588. The van der Waals surface area contributed by atoms with Gasteiger partial charge < -0.3 is 10.4 Å². The van der Waals surface area contributed by atoms with Crippen LogP contribution in [0.15, 0.2) is 18.2 Å². The zero-order valence-electron chi connectivity index (χ0n) is 8.11. The van der Waals surface area contributed by atoms with Gasteiger partial charge in [0, 0.05) is 6.04 Å². The van der Waals surface area contributed by atoms with Crippen molar-refractivity contribution in [2.75, 3.05) is 11.9 Å². The number of nitro groups is 1. The van der Waals surface area contributed by atoms with Crippen molar-refractivity contribution < 1.29 is 14.4 Å². The molecule has 82 valence electrons. The van der Waals surface area contributed by atoms with Crippen molar-refractivity contribution in [3.63, 3.8) is 0 Å². The lowest BCUT2D eigenvalue weighted by Crippen LogP contribution is -2.19. The van der Waals surface area contributed by atoms with E-state index in [0.717, 1.165) is 12.1 Å². The number of anilines is 1. The first-order valence-corrected chi connectivity index (χ1v) is 4.36. The largest absolute Gasteiger partial charge is 0.394 e. The predicted molar refractivity (Wildman–Crippen MR) is 53.2 cm³/mol. The van der Waals surface area contributed by atoms with Gasteiger partial charge in [-0.25, -0.2) is 4.39 Å². The molecule has 0 heterocycles. The van der Waals surface area contributed by atoms with Gasteiger partial charge in [0.25, 0.3) is 5.69 Å². The summed E-state index contributed by atoms with van der Waals surface area (Å²) < 4.78 is 12.7. The molecule has 0 radical (unpaired) electrons. The van der Waals surface area contributed by atoms with E-state index in [-0.39, 0.29) is 24.0 Å². The average molecular weight is 214 g/mol. The molecule has 0 fully saturated rings. The fourth-order valence-electron chi connectivity index (χ4n) is 1.09. The molecular weight excluding hydrogens is 203 g/mol. The number of nitrogens with zero attached hydrogens (tertiary/aromatic N) is 1. The molecular formula is C9H11FN2O3. The second kappa shape index (κ2) is 4.70. The highest BCUT2D eigenvalue weighted by Gasteiger charge is 2.15. The molecule has 5 nitrogen and oxygen atoms in total. The molecule has 0 spiro atoms. The Morgan fingerprint density at radius 1 is 1.67 bits per heavy atom. The fraction of sp³-hybridized carbons (Fsp3) is 0.333. The molecule has 15 heavy (non-hydrogen) atoms. The van der Waals surface area contributed by atoms with Crippen molar-refractivity contribution in [3.8, 4) is 0 Å². The smallest absolute Gasteiger partial charge is 0.295 e. The van der Waals surface area contributed by atoms with Crippen molar-refractivity contribution in [2.24, 2.45) is 0 Å². The van der Waals surface area contributed by atoms with E-state index < -0.39 is 10.7 Å². The molecule has 0 aliphatic rings. The Labute approximate surface area is 85.7 Å². The van der Waals surface area contributed by atoms with Crippen LogP contribution in [0.25, 0.3) is 0 Å². The van der Waals surface area contributed by atoms with Gasteiger partial charge in [0.15, 0.2) is 0 Å². The van der Waals surface area contributed by atoms with Crippen molar-refractivity contribution in [2.45, 2.75) is 13.0 Å². The average Bonchev–Trinajstić information content (AvgIpc) is 2.20. The van der Waals surface area contributed by atoms with E-state index in [0.29, 0.717) is 0 Å². The number of hydrogen-bond acceptors (Lipinski definition) is 4.